The molecule has 1 amide bonds. The van der Waals surface area contributed by atoms with Gasteiger partial charge in [-0.05, 0) is 34.7 Å². The number of amides is 1. The highest BCUT2D eigenvalue weighted by molar-refractivity contribution is 14.1. The van der Waals surface area contributed by atoms with Crippen molar-refractivity contribution in [3.05, 3.63) is 27.3 Å². The van der Waals surface area contributed by atoms with Gasteiger partial charge >= 0.3 is 11.8 Å². The van der Waals surface area contributed by atoms with Gasteiger partial charge in [-0.1, -0.05) is 6.07 Å². The lowest BCUT2D eigenvalue weighted by Crippen LogP contribution is -2.30. The number of ether oxygens (including phenoxy) is 1. The van der Waals surface area contributed by atoms with Crippen molar-refractivity contribution in [2.75, 3.05) is 6.61 Å². The molecule has 5 nitrogen and oxygen atoms in total. The minimum Gasteiger partial charge on any atom is -0.483 e. The van der Waals surface area contributed by atoms with Gasteiger partial charge in [-0.3, -0.25) is 4.79 Å². The fourth-order valence-corrected chi connectivity index (χ4v) is 2.10. The highest BCUT2D eigenvalue weighted by Crippen LogP contribution is 2.52. The molecule has 1 aromatic carbocycles. The van der Waals surface area contributed by atoms with Gasteiger partial charge in [0.2, 0.25) is 0 Å². The molecule has 0 saturated carbocycles. The molecule has 0 saturated heterocycles. The number of nitrogens with two attached hydrogens (primary N) is 1. The molecule has 1 aliphatic heterocycles. The molecule has 0 aliphatic carbocycles. The number of halogens is 4. The molecule has 0 spiro atoms. The van der Waals surface area contributed by atoms with Gasteiger partial charge in [0.1, 0.15) is 5.75 Å². The van der Waals surface area contributed by atoms with Crippen molar-refractivity contribution in [2.24, 2.45) is 16.0 Å². The van der Waals surface area contributed by atoms with Crippen molar-refractivity contribution in [2.45, 2.75) is 11.8 Å². The first-order valence-electron chi connectivity index (χ1n) is 4.98. The molecular formula is C10H7F3IN3O2. The molecule has 1 aliphatic rings. The van der Waals surface area contributed by atoms with Crippen LogP contribution in [0.2, 0.25) is 0 Å². The van der Waals surface area contributed by atoms with E-state index in [2.05, 4.69) is 10.2 Å². The van der Waals surface area contributed by atoms with Crippen LogP contribution in [0.25, 0.3) is 0 Å². The van der Waals surface area contributed by atoms with Gasteiger partial charge < -0.3 is 10.5 Å². The lowest BCUT2D eigenvalue weighted by atomic mass is 10.0. The van der Waals surface area contributed by atoms with Gasteiger partial charge in [0.05, 0.1) is 3.57 Å². The van der Waals surface area contributed by atoms with Gasteiger partial charge in [0, 0.05) is 5.56 Å². The summed E-state index contributed by atoms with van der Waals surface area (Å²) in [5, 5.41) is 6.20. The van der Waals surface area contributed by atoms with Gasteiger partial charge in [-0.2, -0.15) is 13.2 Å². The average Bonchev–Trinajstić information content (AvgIpc) is 3.07. The minimum absolute atomic E-state index is 0.0872. The Balaban J connectivity index is 2.23. The zero-order valence-electron chi connectivity index (χ0n) is 9.24. The number of rotatable bonds is 4. The molecule has 0 unspecified atom stereocenters. The predicted octanol–water partition coefficient (Wildman–Crippen LogP) is 2.34. The average molecular weight is 385 g/mol. The van der Waals surface area contributed by atoms with Crippen molar-refractivity contribution in [1.29, 1.82) is 0 Å². The topological polar surface area (TPSA) is 77.0 Å². The molecule has 19 heavy (non-hydrogen) atoms. The van der Waals surface area contributed by atoms with Gasteiger partial charge in [0.25, 0.3) is 5.91 Å². The van der Waals surface area contributed by atoms with E-state index in [-0.39, 0.29) is 17.9 Å². The summed E-state index contributed by atoms with van der Waals surface area (Å²) in [4.78, 5) is 10.6. The Labute approximate surface area is 119 Å². The van der Waals surface area contributed by atoms with Crippen molar-refractivity contribution in [1.82, 2.24) is 0 Å². The fourth-order valence-electron chi connectivity index (χ4n) is 1.43. The smallest absolute Gasteiger partial charge is 0.442 e. The van der Waals surface area contributed by atoms with E-state index in [1.54, 1.807) is 22.6 Å². The molecule has 0 fully saturated rings. The molecule has 102 valence electrons. The molecule has 2 N–H and O–H groups in total. The molecule has 0 bridgehead atoms. The Bertz CT molecular complexity index is 553. The van der Waals surface area contributed by atoms with E-state index in [0.717, 1.165) is 0 Å². The highest BCUT2D eigenvalue weighted by Gasteiger charge is 2.65. The normalized spacial score (nSPS) is 16.2. The zero-order valence-corrected chi connectivity index (χ0v) is 11.4. The van der Waals surface area contributed by atoms with Crippen molar-refractivity contribution < 1.29 is 22.7 Å². The maximum Gasteiger partial charge on any atom is 0.442 e. The molecule has 0 aromatic heterocycles. The summed E-state index contributed by atoms with van der Waals surface area (Å²) in [6, 6.07) is 3.81. The van der Waals surface area contributed by atoms with E-state index in [4.69, 9.17) is 10.5 Å². The summed E-state index contributed by atoms with van der Waals surface area (Å²) in [5.41, 5.74) is 2.38. The first kappa shape index (κ1) is 14.0. The standard InChI is InChI=1S/C10H7F3IN3O2/c11-10(12,13)9(16-17-9)5-1-2-7(6(14)3-5)19-4-8(15)18/h1-3H,4H2,(H2,15,18). The summed E-state index contributed by atoms with van der Waals surface area (Å²) in [5.74, 6) is -0.389. The second-order valence-electron chi connectivity index (χ2n) is 3.77. The minimum atomic E-state index is -4.56. The summed E-state index contributed by atoms with van der Waals surface area (Å²) in [7, 11) is 0. The van der Waals surface area contributed by atoms with Crippen LogP contribution in [0.4, 0.5) is 13.2 Å². The molecule has 0 radical (unpaired) electrons. The van der Waals surface area contributed by atoms with E-state index in [1.165, 1.54) is 18.2 Å². The maximum atomic E-state index is 12.8. The molecule has 2 rings (SSSR count). The third-order valence-electron chi connectivity index (χ3n) is 2.40. The first-order chi connectivity index (χ1) is 8.76. The molecule has 1 heterocycles. The summed E-state index contributed by atoms with van der Waals surface area (Å²) >= 11 is 1.80. The first-order valence-corrected chi connectivity index (χ1v) is 6.06. The Kier molecular flexibility index (Phi) is 3.41. The molecule has 9 heteroatoms. The maximum absolute atomic E-state index is 12.8. The van der Waals surface area contributed by atoms with Crippen LogP contribution in [0.5, 0.6) is 5.75 Å². The number of benzene rings is 1. The summed E-state index contributed by atoms with van der Waals surface area (Å²) < 4.78 is 43.8. The second kappa shape index (κ2) is 4.62. The number of hydrogen-bond donors (Lipinski definition) is 1. The van der Waals surface area contributed by atoms with Crippen molar-refractivity contribution in [3.63, 3.8) is 0 Å². The van der Waals surface area contributed by atoms with Gasteiger partial charge in [0.15, 0.2) is 6.61 Å². The number of primary amides is 1. The number of carbonyl (C=O) groups excluding carboxylic acids is 1. The van der Waals surface area contributed by atoms with Crippen LogP contribution in [0.1, 0.15) is 5.56 Å². The van der Waals surface area contributed by atoms with Crippen LogP contribution < -0.4 is 10.5 Å². The van der Waals surface area contributed by atoms with Crippen LogP contribution in [-0.2, 0) is 10.5 Å². The quantitative estimate of drug-likeness (QED) is 0.808. The number of alkyl halides is 3. The Morgan fingerprint density at radius 1 is 1.42 bits per heavy atom. The van der Waals surface area contributed by atoms with E-state index in [9.17, 15) is 18.0 Å². The number of nitrogens with zero attached hydrogens (tertiary/aromatic N) is 2. The van der Waals surface area contributed by atoms with E-state index in [1.807, 2.05) is 0 Å². The third-order valence-corrected chi connectivity index (χ3v) is 3.24. The van der Waals surface area contributed by atoms with Crippen LogP contribution >= 0.6 is 22.6 Å². The van der Waals surface area contributed by atoms with Crippen LogP contribution in [0, 0.1) is 3.57 Å². The summed E-state index contributed by atoms with van der Waals surface area (Å²) in [6.07, 6.45) is -4.56. The highest BCUT2D eigenvalue weighted by atomic mass is 127. The Morgan fingerprint density at radius 3 is 2.47 bits per heavy atom. The van der Waals surface area contributed by atoms with E-state index in [0.29, 0.717) is 3.57 Å². The number of hydrogen-bond acceptors (Lipinski definition) is 4. The Hall–Kier alpha value is -1.39. The molecule has 0 atom stereocenters. The van der Waals surface area contributed by atoms with E-state index >= 15 is 0 Å². The third kappa shape index (κ3) is 2.65. The van der Waals surface area contributed by atoms with Gasteiger partial charge in [-0.15, -0.1) is 10.2 Å². The lowest BCUT2D eigenvalue weighted by Gasteiger charge is -2.16. The summed E-state index contributed by atoms with van der Waals surface area (Å²) in [6.45, 7) is -0.339. The lowest BCUT2D eigenvalue weighted by molar-refractivity contribution is -0.166. The van der Waals surface area contributed by atoms with Gasteiger partial charge in [-0.25, -0.2) is 0 Å². The van der Waals surface area contributed by atoms with Crippen LogP contribution in [-0.4, -0.2) is 18.7 Å². The SMILES string of the molecule is NC(=O)COc1ccc(C2(C(F)(F)F)N=N2)cc1I. The number of carbonyl (C=O) groups is 1. The fraction of sp³-hybridized carbons (Fsp3) is 0.300. The second-order valence-corrected chi connectivity index (χ2v) is 4.93. The van der Waals surface area contributed by atoms with Crippen molar-refractivity contribution >= 4 is 28.5 Å². The zero-order chi connectivity index (χ0) is 14.3. The van der Waals surface area contributed by atoms with Crippen molar-refractivity contribution in [3.8, 4) is 5.75 Å². The van der Waals surface area contributed by atoms with Crippen LogP contribution in [0.15, 0.2) is 28.4 Å². The molecule has 1 aromatic rings. The monoisotopic (exact) mass is 385 g/mol. The van der Waals surface area contributed by atoms with Crippen LogP contribution in [0.3, 0.4) is 0 Å². The molecular weight excluding hydrogens is 378 g/mol. The Morgan fingerprint density at radius 2 is 2.05 bits per heavy atom. The largest absolute Gasteiger partial charge is 0.483 e. The predicted molar refractivity (Wildman–Crippen MR) is 66.4 cm³/mol. The van der Waals surface area contributed by atoms with E-state index < -0.39 is 17.7 Å².